The molecule has 0 bridgehead atoms. The zero-order valence-electron chi connectivity index (χ0n) is 22.3. The highest BCUT2D eigenvalue weighted by molar-refractivity contribution is 5.83. The first-order chi connectivity index (χ1) is 16.4. The standard InChI is InChI=1S/C31H51N3/c1-24-27(25-14-8-6-7-13-20-31(2,32)22-25)15-9-4-5-10-17-29(24)33-21-19-26-23-34(3)30-18-12-11-16-28(26)30/h11-12,16,18,23-25,27,29,33H,4-10,13-15,17,19-22,32H2,1-3H3. The number of fused-ring (bicyclic) bond motifs is 1. The van der Waals surface area contributed by atoms with Crippen LogP contribution in [0.3, 0.4) is 0 Å². The van der Waals surface area contributed by atoms with E-state index in [1.54, 1.807) is 0 Å². The number of para-hydroxylation sites is 1. The Bertz CT molecular complexity index is 882. The molecule has 34 heavy (non-hydrogen) atoms. The zero-order chi connectivity index (χ0) is 24.0. The van der Waals surface area contributed by atoms with Crippen molar-refractivity contribution in [1.29, 1.82) is 0 Å². The maximum absolute atomic E-state index is 6.87. The van der Waals surface area contributed by atoms with Crippen LogP contribution in [-0.4, -0.2) is 22.7 Å². The minimum absolute atomic E-state index is 0.0183. The molecule has 1 aromatic heterocycles. The number of benzene rings is 1. The van der Waals surface area contributed by atoms with Crippen LogP contribution in [0.5, 0.6) is 0 Å². The van der Waals surface area contributed by atoms with Crippen LogP contribution in [0.4, 0.5) is 0 Å². The van der Waals surface area contributed by atoms with Crippen LogP contribution in [0.15, 0.2) is 30.5 Å². The van der Waals surface area contributed by atoms with Crippen LogP contribution in [-0.2, 0) is 13.5 Å². The molecule has 1 heterocycles. The van der Waals surface area contributed by atoms with Crippen LogP contribution >= 0.6 is 0 Å². The Labute approximate surface area is 209 Å². The van der Waals surface area contributed by atoms with Gasteiger partial charge in [0.15, 0.2) is 0 Å². The fourth-order valence-corrected chi connectivity index (χ4v) is 7.35. The second-order valence-corrected chi connectivity index (χ2v) is 12.2. The molecule has 0 spiro atoms. The van der Waals surface area contributed by atoms with Gasteiger partial charge >= 0.3 is 0 Å². The Balaban J connectivity index is 1.44. The van der Waals surface area contributed by atoms with E-state index in [9.17, 15) is 0 Å². The molecular formula is C31H51N3. The van der Waals surface area contributed by atoms with E-state index >= 15 is 0 Å². The van der Waals surface area contributed by atoms with Crippen molar-refractivity contribution in [3.05, 3.63) is 36.0 Å². The lowest BCUT2D eigenvalue weighted by molar-refractivity contribution is 0.138. The largest absolute Gasteiger partial charge is 0.350 e. The molecular weight excluding hydrogens is 414 g/mol. The van der Waals surface area contributed by atoms with E-state index in [4.69, 9.17) is 5.73 Å². The predicted octanol–water partition coefficient (Wildman–Crippen LogP) is 7.36. The second-order valence-electron chi connectivity index (χ2n) is 12.2. The predicted molar refractivity (Wildman–Crippen MR) is 147 cm³/mol. The topological polar surface area (TPSA) is 43.0 Å². The Hall–Kier alpha value is -1.32. The SMILES string of the molecule is CC1C(NCCc2cn(C)c3ccccc23)CCCCCCC1C1CCCCCCC(C)(N)C1. The summed E-state index contributed by atoms with van der Waals surface area (Å²) in [5.41, 5.74) is 9.71. The molecule has 4 rings (SSSR count). The summed E-state index contributed by atoms with van der Waals surface area (Å²) in [6.45, 7) is 5.99. The third-order valence-corrected chi connectivity index (χ3v) is 9.30. The summed E-state index contributed by atoms with van der Waals surface area (Å²) >= 11 is 0. The van der Waals surface area contributed by atoms with Gasteiger partial charge in [-0.15, -0.1) is 0 Å². The van der Waals surface area contributed by atoms with Crippen LogP contribution < -0.4 is 11.1 Å². The molecule has 3 heteroatoms. The number of nitrogens with two attached hydrogens (primary N) is 1. The van der Waals surface area contributed by atoms with Crippen molar-refractivity contribution in [2.24, 2.45) is 30.5 Å². The van der Waals surface area contributed by atoms with Gasteiger partial charge in [0.05, 0.1) is 0 Å². The first kappa shape index (κ1) is 25.8. The molecule has 3 nitrogen and oxygen atoms in total. The Morgan fingerprint density at radius 1 is 0.971 bits per heavy atom. The molecule has 2 aromatic rings. The highest BCUT2D eigenvalue weighted by Gasteiger charge is 2.35. The fourth-order valence-electron chi connectivity index (χ4n) is 7.35. The van der Waals surface area contributed by atoms with Gasteiger partial charge in [0, 0.05) is 35.7 Å². The monoisotopic (exact) mass is 465 g/mol. The van der Waals surface area contributed by atoms with Crippen molar-refractivity contribution >= 4 is 10.9 Å². The van der Waals surface area contributed by atoms with E-state index in [0.29, 0.717) is 6.04 Å². The molecule has 0 aliphatic heterocycles. The molecule has 190 valence electrons. The molecule has 0 amide bonds. The Morgan fingerprint density at radius 3 is 2.50 bits per heavy atom. The summed E-state index contributed by atoms with van der Waals surface area (Å²) < 4.78 is 2.28. The number of nitrogens with zero attached hydrogens (tertiary/aromatic N) is 1. The molecule has 0 radical (unpaired) electrons. The smallest absolute Gasteiger partial charge is 0.0480 e. The van der Waals surface area contributed by atoms with Crippen molar-refractivity contribution in [2.75, 3.05) is 6.54 Å². The van der Waals surface area contributed by atoms with Gasteiger partial charge in [-0.1, -0.05) is 82.9 Å². The van der Waals surface area contributed by atoms with Gasteiger partial charge in [-0.3, -0.25) is 0 Å². The molecule has 5 atom stereocenters. The number of nitrogens with one attached hydrogen (secondary N) is 1. The molecule has 2 saturated carbocycles. The summed E-state index contributed by atoms with van der Waals surface area (Å²) in [5, 5.41) is 5.50. The highest BCUT2D eigenvalue weighted by Crippen LogP contribution is 2.40. The van der Waals surface area contributed by atoms with Gasteiger partial charge in [-0.05, 0) is 75.0 Å². The molecule has 5 unspecified atom stereocenters. The zero-order valence-corrected chi connectivity index (χ0v) is 22.3. The Kier molecular flexibility index (Phi) is 9.15. The molecule has 2 aliphatic carbocycles. The molecule has 0 saturated heterocycles. The summed E-state index contributed by atoms with van der Waals surface area (Å²) in [7, 11) is 2.17. The van der Waals surface area contributed by atoms with E-state index in [-0.39, 0.29) is 5.54 Å². The normalized spacial score (nSPS) is 32.2. The number of hydrogen-bond donors (Lipinski definition) is 2. The molecule has 2 fully saturated rings. The first-order valence-corrected chi connectivity index (χ1v) is 14.5. The van der Waals surface area contributed by atoms with E-state index in [1.165, 1.54) is 99.9 Å². The maximum Gasteiger partial charge on any atom is 0.0480 e. The van der Waals surface area contributed by atoms with Gasteiger partial charge in [-0.25, -0.2) is 0 Å². The van der Waals surface area contributed by atoms with Crippen LogP contribution in [0, 0.1) is 17.8 Å². The lowest BCUT2D eigenvalue weighted by Crippen LogP contribution is -2.44. The van der Waals surface area contributed by atoms with Crippen molar-refractivity contribution in [3.8, 4) is 0 Å². The van der Waals surface area contributed by atoms with E-state index < -0.39 is 0 Å². The lowest BCUT2D eigenvalue weighted by atomic mass is 9.69. The Morgan fingerprint density at radius 2 is 1.68 bits per heavy atom. The van der Waals surface area contributed by atoms with Gasteiger partial charge in [0.1, 0.15) is 0 Å². The average molecular weight is 466 g/mol. The minimum Gasteiger partial charge on any atom is -0.350 e. The summed E-state index contributed by atoms with van der Waals surface area (Å²) in [4.78, 5) is 0. The van der Waals surface area contributed by atoms with Gasteiger partial charge < -0.3 is 15.6 Å². The number of hydrogen-bond acceptors (Lipinski definition) is 2. The van der Waals surface area contributed by atoms with E-state index in [0.717, 1.165) is 30.7 Å². The van der Waals surface area contributed by atoms with E-state index in [2.05, 4.69) is 61.2 Å². The third-order valence-electron chi connectivity index (χ3n) is 9.30. The summed E-state index contributed by atoms with van der Waals surface area (Å²) in [6, 6.07) is 9.47. The van der Waals surface area contributed by atoms with Crippen molar-refractivity contribution < 1.29 is 0 Å². The lowest BCUT2D eigenvalue weighted by Gasteiger charge is -2.40. The average Bonchev–Trinajstić information content (AvgIpc) is 3.20. The molecule has 3 N–H and O–H groups in total. The van der Waals surface area contributed by atoms with Crippen LogP contribution in [0.25, 0.3) is 10.9 Å². The number of aryl methyl sites for hydroxylation is 1. The van der Waals surface area contributed by atoms with Crippen molar-refractivity contribution in [1.82, 2.24) is 9.88 Å². The van der Waals surface area contributed by atoms with Crippen LogP contribution in [0.2, 0.25) is 0 Å². The van der Waals surface area contributed by atoms with Crippen molar-refractivity contribution in [3.63, 3.8) is 0 Å². The van der Waals surface area contributed by atoms with E-state index in [1.807, 2.05) is 0 Å². The maximum atomic E-state index is 6.87. The highest BCUT2D eigenvalue weighted by atomic mass is 14.9. The van der Waals surface area contributed by atoms with Gasteiger partial charge in [0.2, 0.25) is 0 Å². The summed E-state index contributed by atoms with van der Waals surface area (Å²) in [5.74, 6) is 2.34. The fraction of sp³-hybridized carbons (Fsp3) is 0.742. The van der Waals surface area contributed by atoms with Crippen LogP contribution in [0.1, 0.15) is 103 Å². The minimum atomic E-state index is 0.0183. The number of rotatable bonds is 5. The van der Waals surface area contributed by atoms with Gasteiger partial charge in [-0.2, -0.15) is 0 Å². The molecule has 1 aromatic carbocycles. The number of aromatic nitrogens is 1. The summed E-state index contributed by atoms with van der Waals surface area (Å²) in [6.07, 6.45) is 21.1. The third kappa shape index (κ3) is 6.66. The molecule has 2 aliphatic rings. The quantitative estimate of drug-likeness (QED) is 0.484. The first-order valence-electron chi connectivity index (χ1n) is 14.5. The van der Waals surface area contributed by atoms with Crippen molar-refractivity contribution in [2.45, 2.75) is 115 Å². The van der Waals surface area contributed by atoms with Gasteiger partial charge in [0.25, 0.3) is 0 Å². The second kappa shape index (κ2) is 12.1.